The molecule has 0 fully saturated rings. The molecular formula is C14H15ClN4S. The lowest BCUT2D eigenvalue weighted by Gasteiger charge is -2.17. The smallest absolute Gasteiger partial charge is 0.0907 e. The molecule has 3 N–H and O–H groups in total. The van der Waals surface area contributed by atoms with E-state index < -0.39 is 0 Å². The van der Waals surface area contributed by atoms with Crippen LogP contribution in [0.5, 0.6) is 0 Å². The van der Waals surface area contributed by atoms with Crippen molar-refractivity contribution in [3.63, 3.8) is 0 Å². The Hall–Kier alpha value is -1.40. The summed E-state index contributed by atoms with van der Waals surface area (Å²) in [7, 11) is 0. The van der Waals surface area contributed by atoms with Crippen LogP contribution < -0.4 is 11.3 Å². The van der Waals surface area contributed by atoms with Gasteiger partial charge in [0.1, 0.15) is 0 Å². The summed E-state index contributed by atoms with van der Waals surface area (Å²) in [5.74, 6) is 5.79. The van der Waals surface area contributed by atoms with Gasteiger partial charge in [0.15, 0.2) is 0 Å². The molecule has 20 heavy (non-hydrogen) atoms. The molecule has 0 bridgehead atoms. The van der Waals surface area contributed by atoms with Crippen LogP contribution in [0.25, 0.3) is 10.1 Å². The molecule has 1 aromatic carbocycles. The average molecular weight is 307 g/mol. The third-order valence-electron chi connectivity index (χ3n) is 3.39. The predicted octanol–water partition coefficient (Wildman–Crippen LogP) is 3.32. The highest BCUT2D eigenvalue weighted by Gasteiger charge is 2.23. The van der Waals surface area contributed by atoms with Gasteiger partial charge in [-0.05, 0) is 29.3 Å². The highest BCUT2D eigenvalue weighted by molar-refractivity contribution is 7.17. The van der Waals surface area contributed by atoms with E-state index in [-0.39, 0.29) is 6.04 Å². The van der Waals surface area contributed by atoms with E-state index in [4.69, 9.17) is 17.4 Å². The summed E-state index contributed by atoms with van der Waals surface area (Å²) in [5, 5.41) is 8.23. The Morgan fingerprint density at radius 2 is 2.25 bits per heavy atom. The normalized spacial score (nSPS) is 12.9. The molecule has 0 saturated carbocycles. The van der Waals surface area contributed by atoms with Gasteiger partial charge in [0, 0.05) is 11.2 Å². The Bertz CT molecular complexity index is 734. The van der Waals surface area contributed by atoms with E-state index in [9.17, 15) is 0 Å². The highest BCUT2D eigenvalue weighted by atomic mass is 35.5. The molecular weight excluding hydrogens is 292 g/mol. The number of rotatable bonds is 4. The first-order valence-electron chi connectivity index (χ1n) is 6.39. The van der Waals surface area contributed by atoms with E-state index >= 15 is 0 Å². The fourth-order valence-electron chi connectivity index (χ4n) is 2.45. The zero-order valence-electron chi connectivity index (χ0n) is 11.0. The number of hydrazine groups is 1. The van der Waals surface area contributed by atoms with Crippen molar-refractivity contribution in [1.82, 2.24) is 15.2 Å². The van der Waals surface area contributed by atoms with Crippen molar-refractivity contribution in [2.45, 2.75) is 19.5 Å². The zero-order valence-corrected chi connectivity index (χ0v) is 12.6. The summed E-state index contributed by atoms with van der Waals surface area (Å²) in [5.41, 5.74) is 4.91. The lowest BCUT2D eigenvalue weighted by atomic mass is 10.0. The van der Waals surface area contributed by atoms with E-state index in [1.54, 1.807) is 17.5 Å². The average Bonchev–Trinajstić information content (AvgIpc) is 3.06. The van der Waals surface area contributed by atoms with Crippen LogP contribution >= 0.6 is 22.9 Å². The van der Waals surface area contributed by atoms with Gasteiger partial charge < -0.3 is 0 Å². The molecule has 6 heteroatoms. The molecule has 1 unspecified atom stereocenters. The number of hydrogen-bond acceptors (Lipinski definition) is 4. The Morgan fingerprint density at radius 3 is 3.00 bits per heavy atom. The van der Waals surface area contributed by atoms with Gasteiger partial charge in [-0.25, -0.2) is 5.43 Å². The summed E-state index contributed by atoms with van der Waals surface area (Å²) in [6.45, 7) is 2.79. The van der Waals surface area contributed by atoms with Gasteiger partial charge in [0.25, 0.3) is 0 Å². The summed E-state index contributed by atoms with van der Waals surface area (Å²) in [6.07, 6.45) is 1.67. The number of nitrogens with two attached hydrogens (primary N) is 1. The van der Waals surface area contributed by atoms with Crippen molar-refractivity contribution >= 4 is 33.0 Å². The van der Waals surface area contributed by atoms with Crippen molar-refractivity contribution in [2.75, 3.05) is 0 Å². The molecule has 3 rings (SSSR count). The van der Waals surface area contributed by atoms with Crippen molar-refractivity contribution in [1.29, 1.82) is 0 Å². The predicted molar refractivity (Wildman–Crippen MR) is 83.9 cm³/mol. The maximum absolute atomic E-state index is 6.29. The fraction of sp³-hybridized carbons (Fsp3) is 0.214. The number of thiophene rings is 1. The van der Waals surface area contributed by atoms with E-state index in [1.807, 2.05) is 23.7 Å². The number of nitrogens with zero attached hydrogens (tertiary/aromatic N) is 2. The van der Waals surface area contributed by atoms with Crippen molar-refractivity contribution in [2.24, 2.45) is 5.84 Å². The molecule has 1 atom stereocenters. The van der Waals surface area contributed by atoms with E-state index in [1.165, 1.54) is 10.1 Å². The van der Waals surface area contributed by atoms with Crippen LogP contribution in [0.15, 0.2) is 35.8 Å². The van der Waals surface area contributed by atoms with Gasteiger partial charge in [-0.3, -0.25) is 10.5 Å². The monoisotopic (exact) mass is 306 g/mol. The number of benzene rings is 1. The van der Waals surface area contributed by atoms with Gasteiger partial charge in [-0.1, -0.05) is 29.8 Å². The molecule has 0 spiro atoms. The van der Waals surface area contributed by atoms with E-state index in [2.05, 4.69) is 28.0 Å². The van der Waals surface area contributed by atoms with Crippen LogP contribution in [0.2, 0.25) is 5.02 Å². The van der Waals surface area contributed by atoms with E-state index in [0.717, 1.165) is 17.8 Å². The lowest BCUT2D eigenvalue weighted by molar-refractivity contribution is 0.546. The summed E-state index contributed by atoms with van der Waals surface area (Å²) >= 11 is 8.00. The molecule has 2 heterocycles. The molecule has 0 aliphatic rings. The Labute approximate surface area is 126 Å². The van der Waals surface area contributed by atoms with Gasteiger partial charge in [-0.2, -0.15) is 5.10 Å². The molecule has 0 saturated heterocycles. The molecule has 104 valence electrons. The minimum atomic E-state index is -0.166. The van der Waals surface area contributed by atoms with Crippen LogP contribution in [0.4, 0.5) is 0 Å². The molecule has 0 aliphatic heterocycles. The summed E-state index contributed by atoms with van der Waals surface area (Å²) in [4.78, 5) is 0. The number of aryl methyl sites for hydroxylation is 1. The first-order chi connectivity index (χ1) is 9.76. The van der Waals surface area contributed by atoms with Crippen molar-refractivity contribution < 1.29 is 0 Å². The number of aromatic nitrogens is 2. The maximum atomic E-state index is 6.29. The second kappa shape index (κ2) is 5.54. The van der Waals surface area contributed by atoms with Gasteiger partial charge in [-0.15, -0.1) is 11.3 Å². The second-order valence-corrected chi connectivity index (χ2v) is 5.80. The number of nitrogens with one attached hydrogen (secondary N) is 1. The standard InChI is InChI=1S/C14H15ClN4S/c1-2-19-14(11(15)7-17-19)13(18-16)10-8-20-12-6-4-3-5-9(10)12/h3-8,13,18H,2,16H2,1H3. The van der Waals surface area contributed by atoms with Gasteiger partial charge in [0.2, 0.25) is 0 Å². The minimum absolute atomic E-state index is 0.166. The van der Waals surface area contributed by atoms with E-state index in [0.29, 0.717) is 5.02 Å². The van der Waals surface area contributed by atoms with Crippen LogP contribution in [-0.4, -0.2) is 9.78 Å². The third-order valence-corrected chi connectivity index (χ3v) is 4.67. The molecule has 0 aliphatic carbocycles. The maximum Gasteiger partial charge on any atom is 0.0907 e. The number of halogens is 1. The SMILES string of the molecule is CCn1ncc(Cl)c1C(NN)c1csc2ccccc12. The minimum Gasteiger partial charge on any atom is -0.271 e. The topological polar surface area (TPSA) is 55.9 Å². The van der Waals surface area contributed by atoms with Crippen LogP contribution in [0.3, 0.4) is 0 Å². The third kappa shape index (κ3) is 2.13. The largest absolute Gasteiger partial charge is 0.271 e. The second-order valence-electron chi connectivity index (χ2n) is 4.48. The zero-order chi connectivity index (χ0) is 14.1. The molecule has 0 amide bonds. The summed E-state index contributed by atoms with van der Waals surface area (Å²) in [6, 6.07) is 8.12. The van der Waals surface area contributed by atoms with Crippen LogP contribution in [0.1, 0.15) is 24.2 Å². The Balaban J connectivity index is 2.16. The first kappa shape index (κ1) is 13.6. The van der Waals surface area contributed by atoms with Gasteiger partial charge >= 0.3 is 0 Å². The molecule has 3 aromatic rings. The molecule has 4 nitrogen and oxygen atoms in total. The van der Waals surface area contributed by atoms with Crippen molar-refractivity contribution in [3.8, 4) is 0 Å². The van der Waals surface area contributed by atoms with Crippen LogP contribution in [0, 0.1) is 0 Å². The number of hydrogen-bond donors (Lipinski definition) is 2. The molecule has 2 aromatic heterocycles. The van der Waals surface area contributed by atoms with Crippen molar-refractivity contribution in [3.05, 3.63) is 52.1 Å². The lowest BCUT2D eigenvalue weighted by Crippen LogP contribution is -2.30. The number of fused-ring (bicyclic) bond motifs is 1. The Morgan fingerprint density at radius 1 is 1.45 bits per heavy atom. The first-order valence-corrected chi connectivity index (χ1v) is 7.65. The fourth-order valence-corrected chi connectivity index (χ4v) is 3.69. The Kier molecular flexibility index (Phi) is 3.76. The van der Waals surface area contributed by atoms with Crippen LogP contribution in [-0.2, 0) is 6.54 Å². The van der Waals surface area contributed by atoms with Gasteiger partial charge in [0.05, 0.1) is 23.0 Å². The molecule has 0 radical (unpaired) electrons. The highest BCUT2D eigenvalue weighted by Crippen LogP contribution is 2.35. The quantitative estimate of drug-likeness (QED) is 0.574. The summed E-state index contributed by atoms with van der Waals surface area (Å²) < 4.78 is 3.11.